The van der Waals surface area contributed by atoms with Crippen LogP contribution in [0.1, 0.15) is 40.5 Å². The summed E-state index contributed by atoms with van der Waals surface area (Å²) in [5.41, 5.74) is 7.20. The van der Waals surface area contributed by atoms with E-state index in [2.05, 4.69) is 10.0 Å². The molecule has 30 heavy (non-hydrogen) atoms. The van der Waals surface area contributed by atoms with Crippen molar-refractivity contribution in [3.8, 4) is 0 Å². The summed E-state index contributed by atoms with van der Waals surface area (Å²) < 4.78 is 44.8. The quantitative estimate of drug-likeness (QED) is 0.153. The van der Waals surface area contributed by atoms with E-state index < -0.39 is 43.9 Å². The highest BCUT2D eigenvalue weighted by Crippen LogP contribution is 2.47. The van der Waals surface area contributed by atoms with Crippen LogP contribution < -0.4 is 4.89 Å². The van der Waals surface area contributed by atoms with Crippen molar-refractivity contribution in [1.29, 1.82) is 0 Å². The number of hydrogen-bond donors (Lipinski definition) is 0. The average Bonchev–Trinajstić information content (AvgIpc) is 3.10. The van der Waals surface area contributed by atoms with E-state index in [1.807, 2.05) is 13.8 Å². The molecule has 0 saturated carbocycles. The van der Waals surface area contributed by atoms with Crippen LogP contribution in [0, 0.1) is 0 Å². The van der Waals surface area contributed by atoms with Gasteiger partial charge in [0.2, 0.25) is 0 Å². The van der Waals surface area contributed by atoms with Crippen molar-refractivity contribution in [2.24, 2.45) is 5.11 Å². The molecule has 4 radical (unpaired) electrons. The molecule has 0 spiro atoms. The maximum absolute atomic E-state index is 12.5. The fourth-order valence-corrected chi connectivity index (χ4v) is 4.20. The van der Waals surface area contributed by atoms with Gasteiger partial charge in [-0.1, -0.05) is 5.11 Å². The molecule has 0 bridgehead atoms. The van der Waals surface area contributed by atoms with E-state index >= 15 is 0 Å². The monoisotopic (exact) mass is 442 g/mol. The maximum Gasteiger partial charge on any atom is 0.268 e. The molecular formula is C16H27B2N3O8P-. The van der Waals surface area contributed by atoms with Crippen molar-refractivity contribution in [2.45, 2.75) is 88.8 Å². The Hall–Kier alpha value is -0.610. The standard InChI is InChI=1S/C16H28B2N3O8P/c1-9(2)24-8-16(20-21-19)13(6-15(18)28-16)29-30(22,23)25-7-12-11(26-10(3)4)5-14(17)27-12/h9-15H,5-8H2,1-4H3,(H,22,23)/p-1/t11?,12-,13?,14-,15-,16-/m1/s1. The molecule has 2 saturated heterocycles. The number of rotatable bonds is 11. The van der Waals surface area contributed by atoms with Crippen LogP contribution in [-0.4, -0.2) is 77.2 Å². The van der Waals surface area contributed by atoms with E-state index in [1.165, 1.54) is 0 Å². The zero-order chi connectivity index (χ0) is 22.5. The first-order valence-corrected chi connectivity index (χ1v) is 11.2. The van der Waals surface area contributed by atoms with Gasteiger partial charge in [-0.3, -0.25) is 4.57 Å². The van der Waals surface area contributed by atoms with Crippen molar-refractivity contribution >= 4 is 23.5 Å². The first kappa shape index (κ1) is 25.6. The summed E-state index contributed by atoms with van der Waals surface area (Å²) in [5, 5.41) is 3.59. The Morgan fingerprint density at radius 3 is 2.57 bits per heavy atom. The van der Waals surface area contributed by atoms with Gasteiger partial charge in [-0.05, 0) is 46.1 Å². The van der Waals surface area contributed by atoms with Gasteiger partial charge in [0, 0.05) is 16.9 Å². The van der Waals surface area contributed by atoms with Crippen molar-refractivity contribution in [3.63, 3.8) is 0 Å². The lowest BCUT2D eigenvalue weighted by molar-refractivity contribution is -0.238. The minimum atomic E-state index is -4.85. The van der Waals surface area contributed by atoms with Crippen LogP contribution in [0.25, 0.3) is 10.4 Å². The summed E-state index contributed by atoms with van der Waals surface area (Å²) >= 11 is 0. The van der Waals surface area contributed by atoms with E-state index in [-0.39, 0.29) is 31.8 Å². The molecule has 2 fully saturated rings. The second kappa shape index (κ2) is 10.8. The highest BCUT2D eigenvalue weighted by atomic mass is 31.2. The summed E-state index contributed by atoms with van der Waals surface area (Å²) in [6.45, 7) is 6.64. The molecular weight excluding hydrogens is 415 g/mol. The topological polar surface area (TPSA) is 144 Å². The highest BCUT2D eigenvalue weighted by molar-refractivity contribution is 7.45. The lowest BCUT2D eigenvalue weighted by Crippen LogP contribution is -2.44. The van der Waals surface area contributed by atoms with Crippen LogP contribution in [0.15, 0.2) is 5.11 Å². The fraction of sp³-hybridized carbons (Fsp3) is 1.00. The van der Waals surface area contributed by atoms with Gasteiger partial charge in [0.05, 0.1) is 31.5 Å². The third-order valence-corrected chi connectivity index (χ3v) is 5.45. The summed E-state index contributed by atoms with van der Waals surface area (Å²) in [7, 11) is 6.71. The number of ether oxygens (including phenoxy) is 4. The number of hydrogen-bond acceptors (Lipinski definition) is 9. The van der Waals surface area contributed by atoms with E-state index in [0.29, 0.717) is 6.42 Å². The van der Waals surface area contributed by atoms with Crippen molar-refractivity contribution in [3.05, 3.63) is 10.4 Å². The van der Waals surface area contributed by atoms with E-state index in [0.717, 1.165) is 0 Å². The van der Waals surface area contributed by atoms with E-state index in [4.69, 9.17) is 49.2 Å². The smallest absolute Gasteiger partial charge is 0.268 e. The minimum Gasteiger partial charge on any atom is -0.756 e. The third-order valence-electron chi connectivity index (χ3n) is 4.47. The number of phosphoric ester groups is 1. The van der Waals surface area contributed by atoms with Gasteiger partial charge in [0.25, 0.3) is 7.82 Å². The van der Waals surface area contributed by atoms with Crippen LogP contribution >= 0.6 is 7.82 Å². The van der Waals surface area contributed by atoms with Crippen molar-refractivity contribution in [1.82, 2.24) is 0 Å². The second-order valence-electron chi connectivity index (χ2n) is 7.80. The van der Waals surface area contributed by atoms with E-state index in [9.17, 15) is 9.46 Å². The van der Waals surface area contributed by atoms with Crippen LogP contribution in [0.4, 0.5) is 0 Å². The molecule has 0 N–H and O–H groups in total. The van der Waals surface area contributed by atoms with Crippen LogP contribution in [-0.2, 0) is 32.6 Å². The summed E-state index contributed by atoms with van der Waals surface area (Å²) in [4.78, 5) is 15.2. The van der Waals surface area contributed by atoms with E-state index in [1.54, 1.807) is 13.8 Å². The predicted molar refractivity (Wildman–Crippen MR) is 106 cm³/mol. The van der Waals surface area contributed by atoms with Gasteiger partial charge in [0.1, 0.15) is 27.9 Å². The van der Waals surface area contributed by atoms with Crippen LogP contribution in [0.2, 0.25) is 0 Å². The molecule has 3 unspecified atom stereocenters. The van der Waals surface area contributed by atoms with Gasteiger partial charge < -0.3 is 32.9 Å². The zero-order valence-electron chi connectivity index (χ0n) is 17.6. The normalized spacial score (nSPS) is 36.2. The molecule has 0 aromatic carbocycles. The molecule has 0 amide bonds. The van der Waals surface area contributed by atoms with Gasteiger partial charge in [0.15, 0.2) is 5.72 Å². The molecule has 2 aliphatic rings. The Balaban J connectivity index is 2.04. The molecule has 166 valence electrons. The molecule has 7 atom stereocenters. The zero-order valence-corrected chi connectivity index (χ0v) is 18.5. The van der Waals surface area contributed by atoms with Gasteiger partial charge in [-0.25, -0.2) is 0 Å². The Morgan fingerprint density at radius 2 is 1.97 bits per heavy atom. The third kappa shape index (κ3) is 7.22. The Kier molecular flexibility index (Phi) is 9.24. The molecule has 0 aromatic heterocycles. The molecule has 11 nitrogen and oxygen atoms in total. The maximum atomic E-state index is 12.5. The summed E-state index contributed by atoms with van der Waals surface area (Å²) in [5.74, 6) is 0. The van der Waals surface area contributed by atoms with Crippen molar-refractivity contribution < 1.29 is 37.5 Å². The van der Waals surface area contributed by atoms with Gasteiger partial charge in [-0.2, -0.15) is 0 Å². The largest absolute Gasteiger partial charge is 0.756 e. The lowest BCUT2D eigenvalue weighted by Gasteiger charge is -2.34. The Labute approximate surface area is 179 Å². The minimum absolute atomic E-state index is 0.0417. The molecule has 2 heterocycles. The molecule has 2 rings (SSSR count). The van der Waals surface area contributed by atoms with Gasteiger partial charge >= 0.3 is 0 Å². The van der Waals surface area contributed by atoms with Crippen molar-refractivity contribution in [2.75, 3.05) is 13.2 Å². The lowest BCUT2D eigenvalue weighted by atomic mass is 9.95. The molecule has 14 heteroatoms. The number of azide groups is 1. The Bertz CT molecular complexity index is 668. The number of phosphoric acid groups is 1. The first-order chi connectivity index (χ1) is 14.0. The molecule has 0 aromatic rings. The predicted octanol–water partition coefficient (Wildman–Crippen LogP) is 1.28. The molecule has 0 aliphatic carbocycles. The number of nitrogens with zero attached hydrogens (tertiary/aromatic N) is 3. The second-order valence-corrected chi connectivity index (χ2v) is 9.16. The first-order valence-electron chi connectivity index (χ1n) is 9.78. The SMILES string of the molecule is [B][C@H]1CC(OC(C)C)[C@@H](COP(=O)([O-])OC2C[C@H]([B])O[C@@]2(COC(C)C)N=[N+]=[N-])O1. The average molecular weight is 442 g/mol. The fourth-order valence-electron chi connectivity index (χ4n) is 3.25. The molecule has 2 aliphatic heterocycles. The Morgan fingerprint density at radius 1 is 1.27 bits per heavy atom. The highest BCUT2D eigenvalue weighted by Gasteiger charge is 2.50. The van der Waals surface area contributed by atoms with Gasteiger partial charge in [-0.15, -0.1) is 0 Å². The van der Waals surface area contributed by atoms with Crippen LogP contribution in [0.3, 0.4) is 0 Å². The summed E-state index contributed by atoms with van der Waals surface area (Å²) in [6.07, 6.45) is -2.27. The van der Waals surface area contributed by atoms with Crippen LogP contribution in [0.5, 0.6) is 0 Å². The summed E-state index contributed by atoms with van der Waals surface area (Å²) in [6, 6.07) is -1.49.